The molecule has 3 aromatic rings. The van der Waals surface area contributed by atoms with Crippen LogP contribution < -0.4 is 10.4 Å². The first kappa shape index (κ1) is 13.3. The van der Waals surface area contributed by atoms with Crippen molar-refractivity contribution in [2.75, 3.05) is 7.11 Å². The molecule has 0 spiro atoms. The zero-order valence-corrected chi connectivity index (χ0v) is 13.2. The van der Waals surface area contributed by atoms with Crippen molar-refractivity contribution in [3.8, 4) is 0 Å². The van der Waals surface area contributed by atoms with E-state index in [4.69, 9.17) is 4.74 Å². The van der Waals surface area contributed by atoms with Gasteiger partial charge < -0.3 is 4.74 Å². The number of hydrogen-bond acceptors (Lipinski definition) is 2. The molecule has 0 radical (unpaired) electrons. The minimum Gasteiger partial charge on any atom is -0.465 e. The van der Waals surface area contributed by atoms with Gasteiger partial charge >= 0.3 is 5.97 Å². The van der Waals surface area contributed by atoms with Crippen LogP contribution in [0.5, 0.6) is 0 Å². The van der Waals surface area contributed by atoms with Crippen LogP contribution in [0.15, 0.2) is 42.5 Å². The summed E-state index contributed by atoms with van der Waals surface area (Å²) in [5.41, 5.74) is 2.98. The van der Waals surface area contributed by atoms with Crippen LogP contribution in [0.25, 0.3) is 45.8 Å². The predicted molar refractivity (Wildman–Crippen MR) is 99.0 cm³/mol. The van der Waals surface area contributed by atoms with E-state index >= 15 is 0 Å². The van der Waals surface area contributed by atoms with E-state index in [2.05, 4.69) is 48.6 Å². The molecule has 2 heteroatoms. The van der Waals surface area contributed by atoms with Gasteiger partial charge in [0, 0.05) is 5.39 Å². The van der Waals surface area contributed by atoms with E-state index in [1.165, 1.54) is 23.5 Å². The third kappa shape index (κ3) is 1.68. The fourth-order valence-electron chi connectivity index (χ4n) is 3.77. The second kappa shape index (κ2) is 4.68. The van der Waals surface area contributed by atoms with Crippen molar-refractivity contribution in [2.45, 2.75) is 0 Å². The number of esters is 1. The van der Waals surface area contributed by atoms with Crippen LogP contribution >= 0.6 is 0 Å². The summed E-state index contributed by atoms with van der Waals surface area (Å²) in [6, 6.07) is 10.5. The number of ether oxygens (including phenoxy) is 1. The van der Waals surface area contributed by atoms with E-state index < -0.39 is 0 Å². The molecule has 0 bridgehead atoms. The highest BCUT2D eigenvalue weighted by molar-refractivity contribution is 6.19. The monoisotopic (exact) mass is 310 g/mol. The maximum absolute atomic E-state index is 12.4. The molecule has 0 aromatic heterocycles. The molecule has 0 unspecified atom stereocenters. The number of carbonyl (C=O) groups is 1. The number of benzene rings is 3. The van der Waals surface area contributed by atoms with E-state index in [0.29, 0.717) is 5.56 Å². The molecule has 0 aliphatic heterocycles. The molecule has 2 nitrogen and oxygen atoms in total. The van der Waals surface area contributed by atoms with E-state index in [1.54, 1.807) is 0 Å². The zero-order chi connectivity index (χ0) is 16.3. The molecule has 2 aliphatic carbocycles. The molecule has 5 rings (SSSR count). The highest BCUT2D eigenvalue weighted by Crippen LogP contribution is 2.31. The van der Waals surface area contributed by atoms with Gasteiger partial charge in [-0.2, -0.15) is 0 Å². The van der Waals surface area contributed by atoms with Crippen LogP contribution in [0.2, 0.25) is 0 Å². The highest BCUT2D eigenvalue weighted by Gasteiger charge is 2.17. The molecule has 114 valence electrons. The topological polar surface area (TPSA) is 26.3 Å². The number of hydrogen-bond donors (Lipinski definition) is 0. The maximum Gasteiger partial charge on any atom is 0.338 e. The Bertz CT molecular complexity index is 1240. The van der Waals surface area contributed by atoms with Crippen molar-refractivity contribution in [1.29, 1.82) is 0 Å². The Balaban J connectivity index is 2.04. The summed E-state index contributed by atoms with van der Waals surface area (Å²) in [4.78, 5) is 12.4. The third-order valence-corrected chi connectivity index (χ3v) is 4.89. The smallest absolute Gasteiger partial charge is 0.338 e. The average Bonchev–Trinajstić information content (AvgIpc) is 3.26. The molecule has 0 N–H and O–H groups in total. The van der Waals surface area contributed by atoms with E-state index in [-0.39, 0.29) is 5.97 Å². The predicted octanol–water partition coefficient (Wildman–Crippen LogP) is 3.39. The molecule has 3 aromatic carbocycles. The first-order valence-corrected chi connectivity index (χ1v) is 7.95. The summed E-state index contributed by atoms with van der Waals surface area (Å²) in [6.07, 6.45) is 12.4. The minimum absolute atomic E-state index is 0.293. The molecule has 0 atom stereocenters. The quantitative estimate of drug-likeness (QED) is 0.509. The lowest BCUT2D eigenvalue weighted by Gasteiger charge is -2.12. The molecule has 2 aliphatic rings. The molecule has 0 saturated carbocycles. The first-order valence-electron chi connectivity index (χ1n) is 7.95. The van der Waals surface area contributed by atoms with Crippen molar-refractivity contribution in [1.82, 2.24) is 0 Å². The standard InChI is InChI=1S/C22H14O2/c1-24-22(23)20-12-15-6-3-7-17(15)18-9-8-16-10-13-4-2-5-14(13)11-19(16)21(18)20/h2-12H,1H3. The van der Waals surface area contributed by atoms with Crippen molar-refractivity contribution >= 4 is 51.8 Å². The second-order valence-corrected chi connectivity index (χ2v) is 6.16. The summed E-state index contributed by atoms with van der Waals surface area (Å²) >= 11 is 0. The van der Waals surface area contributed by atoms with Crippen LogP contribution in [0.1, 0.15) is 21.5 Å². The Hall–Kier alpha value is -3.13. The van der Waals surface area contributed by atoms with Gasteiger partial charge in [0.2, 0.25) is 0 Å². The van der Waals surface area contributed by atoms with Crippen LogP contribution in [0.3, 0.4) is 0 Å². The summed E-state index contributed by atoms with van der Waals surface area (Å²) in [5.74, 6) is -0.293. The Labute approximate surface area is 138 Å². The van der Waals surface area contributed by atoms with Gasteiger partial charge in [0.05, 0.1) is 12.7 Å². The van der Waals surface area contributed by atoms with E-state index in [0.717, 1.165) is 26.8 Å². The summed E-state index contributed by atoms with van der Waals surface area (Å²) < 4.78 is 5.05. The lowest BCUT2D eigenvalue weighted by molar-refractivity contribution is 0.0603. The number of rotatable bonds is 1. The van der Waals surface area contributed by atoms with E-state index in [1.807, 2.05) is 18.2 Å². The summed E-state index contributed by atoms with van der Waals surface area (Å²) in [6.45, 7) is 0. The summed E-state index contributed by atoms with van der Waals surface area (Å²) in [7, 11) is 1.43. The summed E-state index contributed by atoms with van der Waals surface area (Å²) in [5, 5.41) is 6.58. The largest absolute Gasteiger partial charge is 0.465 e. The molecule has 0 amide bonds. The molecule has 0 saturated heterocycles. The number of fused-ring (bicyclic) bond motifs is 6. The number of methoxy groups -OCH3 is 1. The van der Waals surface area contributed by atoms with Crippen molar-refractivity contribution in [2.24, 2.45) is 0 Å². The van der Waals surface area contributed by atoms with Gasteiger partial charge in [-0.05, 0) is 55.9 Å². The van der Waals surface area contributed by atoms with Crippen molar-refractivity contribution in [3.05, 3.63) is 69.6 Å². The number of carbonyl (C=O) groups excluding carboxylic acids is 1. The Morgan fingerprint density at radius 2 is 1.75 bits per heavy atom. The van der Waals surface area contributed by atoms with Crippen molar-refractivity contribution in [3.63, 3.8) is 0 Å². The van der Waals surface area contributed by atoms with Gasteiger partial charge in [0.15, 0.2) is 0 Å². The highest BCUT2D eigenvalue weighted by atomic mass is 16.5. The lowest BCUT2D eigenvalue weighted by Crippen LogP contribution is -2.12. The van der Waals surface area contributed by atoms with Crippen LogP contribution in [-0.2, 0) is 4.74 Å². The third-order valence-electron chi connectivity index (χ3n) is 4.89. The Kier molecular flexibility index (Phi) is 2.60. The molecule has 0 fully saturated rings. The Morgan fingerprint density at radius 3 is 2.62 bits per heavy atom. The second-order valence-electron chi connectivity index (χ2n) is 6.16. The van der Waals surface area contributed by atoms with Gasteiger partial charge in [-0.3, -0.25) is 0 Å². The molecule has 24 heavy (non-hydrogen) atoms. The minimum atomic E-state index is -0.293. The normalized spacial score (nSPS) is 13.7. The molecular formula is C22H14O2. The zero-order valence-electron chi connectivity index (χ0n) is 13.2. The number of allylic oxidation sites excluding steroid dienone is 2. The molecule has 0 heterocycles. The SMILES string of the molecule is COC(=O)c1cc2c(c3ccc4cc5c(cc4c13)C=CC=5)C=CC=2. The van der Waals surface area contributed by atoms with Crippen LogP contribution in [0, 0.1) is 0 Å². The van der Waals surface area contributed by atoms with Gasteiger partial charge in [0.1, 0.15) is 0 Å². The lowest BCUT2D eigenvalue weighted by atomic mass is 9.92. The van der Waals surface area contributed by atoms with E-state index in [9.17, 15) is 4.79 Å². The van der Waals surface area contributed by atoms with Gasteiger partial charge in [-0.25, -0.2) is 4.79 Å². The van der Waals surface area contributed by atoms with Gasteiger partial charge in [-0.15, -0.1) is 0 Å². The fraction of sp³-hybridized carbons (Fsp3) is 0.0455. The van der Waals surface area contributed by atoms with Crippen LogP contribution in [0.4, 0.5) is 0 Å². The fourth-order valence-corrected chi connectivity index (χ4v) is 3.77. The Morgan fingerprint density at radius 1 is 0.917 bits per heavy atom. The maximum atomic E-state index is 12.4. The van der Waals surface area contributed by atoms with Crippen LogP contribution in [-0.4, -0.2) is 13.1 Å². The average molecular weight is 310 g/mol. The van der Waals surface area contributed by atoms with Gasteiger partial charge in [-0.1, -0.05) is 48.6 Å². The first-order chi connectivity index (χ1) is 11.8. The van der Waals surface area contributed by atoms with Crippen molar-refractivity contribution < 1.29 is 9.53 Å². The van der Waals surface area contributed by atoms with Gasteiger partial charge in [0.25, 0.3) is 0 Å². The molecular weight excluding hydrogens is 296 g/mol.